The molecule has 4 nitrogen and oxygen atoms in total. The van der Waals surface area contributed by atoms with Crippen molar-refractivity contribution in [2.75, 3.05) is 12.4 Å². The summed E-state index contributed by atoms with van der Waals surface area (Å²) in [6, 6.07) is 7.48. The summed E-state index contributed by atoms with van der Waals surface area (Å²) in [5, 5.41) is 3.78. The molecule has 88 valence electrons. The first-order valence-corrected chi connectivity index (χ1v) is 5.49. The van der Waals surface area contributed by atoms with E-state index < -0.39 is 0 Å². The van der Waals surface area contributed by atoms with E-state index in [1.165, 1.54) is 6.33 Å². The van der Waals surface area contributed by atoms with Gasteiger partial charge in [0.2, 0.25) is 0 Å². The fraction of sp³-hybridized carbons (Fsp3) is 0.167. The number of nitrogens with one attached hydrogen (secondary N) is 1. The van der Waals surface area contributed by atoms with Gasteiger partial charge in [0.25, 0.3) is 0 Å². The largest absolute Gasteiger partial charge is 0.495 e. The highest BCUT2D eigenvalue weighted by Crippen LogP contribution is 2.25. The zero-order valence-corrected chi connectivity index (χ0v) is 10.1. The van der Waals surface area contributed by atoms with E-state index in [1.54, 1.807) is 13.3 Å². The van der Waals surface area contributed by atoms with Crippen molar-refractivity contribution >= 4 is 17.4 Å². The maximum atomic E-state index is 6.03. The van der Waals surface area contributed by atoms with Crippen molar-refractivity contribution in [3.05, 3.63) is 47.4 Å². The number of hydrogen-bond acceptors (Lipinski definition) is 4. The second-order valence-electron chi connectivity index (χ2n) is 3.42. The monoisotopic (exact) mass is 249 g/mol. The van der Waals surface area contributed by atoms with Crippen LogP contribution in [-0.2, 0) is 6.54 Å². The first-order chi connectivity index (χ1) is 8.29. The maximum absolute atomic E-state index is 6.03. The third kappa shape index (κ3) is 3.07. The van der Waals surface area contributed by atoms with Crippen LogP contribution in [-0.4, -0.2) is 17.1 Å². The Labute approximate surface area is 105 Å². The van der Waals surface area contributed by atoms with Crippen LogP contribution in [0.5, 0.6) is 5.75 Å². The van der Waals surface area contributed by atoms with Crippen LogP contribution in [0.3, 0.4) is 0 Å². The molecule has 2 aromatic rings. The van der Waals surface area contributed by atoms with Gasteiger partial charge in [0, 0.05) is 12.7 Å². The molecule has 0 aliphatic carbocycles. The number of halogens is 1. The standard InChI is InChI=1S/C12H12ClN3O/c1-17-11-3-2-9(6-10(11)13)7-15-12-4-5-14-8-16-12/h2-6,8H,7H2,1H3,(H,14,15,16). The maximum Gasteiger partial charge on any atom is 0.137 e. The van der Waals surface area contributed by atoms with E-state index in [4.69, 9.17) is 16.3 Å². The van der Waals surface area contributed by atoms with Crippen molar-refractivity contribution in [1.29, 1.82) is 0 Å². The van der Waals surface area contributed by atoms with Gasteiger partial charge in [0.15, 0.2) is 0 Å². The van der Waals surface area contributed by atoms with Gasteiger partial charge in [0.1, 0.15) is 17.9 Å². The van der Waals surface area contributed by atoms with Crippen LogP contribution in [0.1, 0.15) is 5.56 Å². The number of ether oxygens (including phenoxy) is 1. The Morgan fingerprint density at radius 2 is 2.24 bits per heavy atom. The fourth-order valence-electron chi connectivity index (χ4n) is 1.41. The Balaban J connectivity index is 2.02. The van der Waals surface area contributed by atoms with Gasteiger partial charge in [-0.05, 0) is 23.8 Å². The van der Waals surface area contributed by atoms with Crippen molar-refractivity contribution in [3.63, 3.8) is 0 Å². The molecule has 2 rings (SSSR count). The molecule has 0 aliphatic heterocycles. The first kappa shape index (κ1) is 11.7. The lowest BCUT2D eigenvalue weighted by molar-refractivity contribution is 0.415. The van der Waals surface area contributed by atoms with Gasteiger partial charge in [-0.2, -0.15) is 0 Å². The lowest BCUT2D eigenvalue weighted by Gasteiger charge is -2.07. The van der Waals surface area contributed by atoms with Crippen molar-refractivity contribution in [3.8, 4) is 5.75 Å². The lowest BCUT2D eigenvalue weighted by atomic mass is 10.2. The molecule has 0 saturated carbocycles. The van der Waals surface area contributed by atoms with Gasteiger partial charge in [-0.15, -0.1) is 0 Å². The molecule has 17 heavy (non-hydrogen) atoms. The molecule has 0 radical (unpaired) electrons. The van der Waals surface area contributed by atoms with Crippen LogP contribution >= 0.6 is 11.6 Å². The van der Waals surface area contributed by atoms with E-state index in [9.17, 15) is 0 Å². The van der Waals surface area contributed by atoms with E-state index in [0.29, 0.717) is 17.3 Å². The van der Waals surface area contributed by atoms with Gasteiger partial charge < -0.3 is 10.1 Å². The Bertz CT molecular complexity index is 490. The summed E-state index contributed by atoms with van der Waals surface area (Å²) in [5.74, 6) is 1.46. The van der Waals surface area contributed by atoms with E-state index in [1.807, 2.05) is 24.3 Å². The molecule has 1 aromatic heterocycles. The number of hydrogen-bond donors (Lipinski definition) is 1. The highest BCUT2D eigenvalue weighted by Gasteiger charge is 2.01. The van der Waals surface area contributed by atoms with Gasteiger partial charge in [-0.1, -0.05) is 17.7 Å². The molecule has 0 amide bonds. The van der Waals surface area contributed by atoms with Crippen molar-refractivity contribution in [1.82, 2.24) is 9.97 Å². The third-order valence-electron chi connectivity index (χ3n) is 2.27. The molecule has 0 spiro atoms. The summed E-state index contributed by atoms with van der Waals surface area (Å²) < 4.78 is 5.09. The summed E-state index contributed by atoms with van der Waals surface area (Å²) in [4.78, 5) is 7.92. The zero-order valence-electron chi connectivity index (χ0n) is 9.35. The third-order valence-corrected chi connectivity index (χ3v) is 2.57. The lowest BCUT2D eigenvalue weighted by Crippen LogP contribution is -2.01. The first-order valence-electron chi connectivity index (χ1n) is 5.12. The van der Waals surface area contributed by atoms with Gasteiger partial charge >= 0.3 is 0 Å². The van der Waals surface area contributed by atoms with Crippen molar-refractivity contribution < 1.29 is 4.74 Å². The van der Waals surface area contributed by atoms with Crippen molar-refractivity contribution in [2.45, 2.75) is 6.54 Å². The Kier molecular flexibility index (Phi) is 3.77. The Morgan fingerprint density at radius 3 is 2.88 bits per heavy atom. The number of rotatable bonds is 4. The predicted molar refractivity (Wildman–Crippen MR) is 67.4 cm³/mol. The second-order valence-corrected chi connectivity index (χ2v) is 3.82. The molecular weight excluding hydrogens is 238 g/mol. The number of anilines is 1. The second kappa shape index (κ2) is 5.50. The van der Waals surface area contributed by atoms with Crippen molar-refractivity contribution in [2.24, 2.45) is 0 Å². The smallest absolute Gasteiger partial charge is 0.137 e. The molecule has 0 bridgehead atoms. The average molecular weight is 250 g/mol. The minimum Gasteiger partial charge on any atom is -0.495 e. The van der Waals surface area contributed by atoms with E-state index in [0.717, 1.165) is 11.4 Å². The Morgan fingerprint density at radius 1 is 1.35 bits per heavy atom. The van der Waals surface area contributed by atoms with Gasteiger partial charge in [-0.3, -0.25) is 0 Å². The van der Waals surface area contributed by atoms with Gasteiger partial charge in [-0.25, -0.2) is 9.97 Å². The molecular formula is C12H12ClN3O. The van der Waals surface area contributed by atoms with Crippen LogP contribution in [0.4, 0.5) is 5.82 Å². The van der Waals surface area contributed by atoms with E-state index >= 15 is 0 Å². The summed E-state index contributed by atoms with van der Waals surface area (Å²) in [6.45, 7) is 0.653. The van der Waals surface area contributed by atoms with Crippen LogP contribution in [0.15, 0.2) is 36.8 Å². The highest BCUT2D eigenvalue weighted by atomic mass is 35.5. The van der Waals surface area contributed by atoms with Crippen LogP contribution in [0.25, 0.3) is 0 Å². The molecule has 0 atom stereocenters. The molecule has 0 saturated heterocycles. The van der Waals surface area contributed by atoms with Crippen LogP contribution in [0.2, 0.25) is 5.02 Å². The van der Waals surface area contributed by atoms with Crippen LogP contribution < -0.4 is 10.1 Å². The van der Waals surface area contributed by atoms with Gasteiger partial charge in [0.05, 0.1) is 12.1 Å². The number of methoxy groups -OCH3 is 1. The fourth-order valence-corrected chi connectivity index (χ4v) is 1.69. The zero-order chi connectivity index (χ0) is 12.1. The molecule has 5 heteroatoms. The number of aromatic nitrogens is 2. The van der Waals surface area contributed by atoms with E-state index in [2.05, 4.69) is 15.3 Å². The molecule has 0 aliphatic rings. The molecule has 0 fully saturated rings. The minimum atomic E-state index is 0.606. The quantitative estimate of drug-likeness (QED) is 0.905. The van der Waals surface area contributed by atoms with E-state index in [-0.39, 0.29) is 0 Å². The average Bonchev–Trinajstić information content (AvgIpc) is 2.38. The molecule has 1 N–H and O–H groups in total. The highest BCUT2D eigenvalue weighted by molar-refractivity contribution is 6.32. The van der Waals surface area contributed by atoms with Crippen LogP contribution in [0, 0.1) is 0 Å². The molecule has 1 aromatic carbocycles. The summed E-state index contributed by atoms with van der Waals surface area (Å²) in [7, 11) is 1.60. The number of benzene rings is 1. The minimum absolute atomic E-state index is 0.606. The predicted octanol–water partition coefficient (Wildman–Crippen LogP) is 2.75. The summed E-state index contributed by atoms with van der Waals surface area (Å²) in [6.07, 6.45) is 3.19. The summed E-state index contributed by atoms with van der Waals surface area (Å²) >= 11 is 6.03. The summed E-state index contributed by atoms with van der Waals surface area (Å²) in [5.41, 5.74) is 1.06. The number of nitrogens with zero attached hydrogens (tertiary/aromatic N) is 2. The topological polar surface area (TPSA) is 47.0 Å². The SMILES string of the molecule is COc1ccc(CNc2ccncn2)cc1Cl. The normalized spacial score (nSPS) is 10.0. The molecule has 1 heterocycles. The Hall–Kier alpha value is -1.81. The molecule has 0 unspecified atom stereocenters.